The number of pyridine rings is 1. The molecule has 1 aromatic heterocycles. The van der Waals surface area contributed by atoms with Gasteiger partial charge in [-0.1, -0.05) is 6.92 Å². The number of sulfonamides is 1. The van der Waals surface area contributed by atoms with Crippen LogP contribution < -0.4 is 14.9 Å². The minimum atomic E-state index is -3.80. The zero-order chi connectivity index (χ0) is 19.8. The summed E-state index contributed by atoms with van der Waals surface area (Å²) in [6.07, 6.45) is 0.718. The summed E-state index contributed by atoms with van der Waals surface area (Å²) in [6.45, 7) is 5.55. The highest BCUT2D eigenvalue weighted by Gasteiger charge is 2.18. The molecule has 0 aliphatic carbocycles. The van der Waals surface area contributed by atoms with E-state index in [2.05, 4.69) is 9.71 Å². The predicted octanol–water partition coefficient (Wildman–Crippen LogP) is 3.52. The lowest BCUT2D eigenvalue weighted by atomic mass is 10.1. The molecule has 0 saturated heterocycles. The molecule has 0 saturated carbocycles. The highest BCUT2D eigenvalue weighted by molar-refractivity contribution is 7.92. The number of aryl methyl sites for hydroxylation is 3. The lowest BCUT2D eigenvalue weighted by Crippen LogP contribution is -2.14. The Kier molecular flexibility index (Phi) is 4.97. The number of methoxy groups -OCH3 is 1. The average molecular weight is 386 g/mol. The van der Waals surface area contributed by atoms with Gasteiger partial charge in [0.25, 0.3) is 10.0 Å². The Hall–Kier alpha value is -2.80. The molecule has 7 heteroatoms. The summed E-state index contributed by atoms with van der Waals surface area (Å²) < 4.78 is 33.4. The molecule has 3 aromatic rings. The van der Waals surface area contributed by atoms with Crippen molar-refractivity contribution in [3.8, 4) is 5.75 Å². The number of fused-ring (bicyclic) bond motifs is 1. The van der Waals surface area contributed by atoms with Gasteiger partial charge < -0.3 is 9.72 Å². The molecule has 6 nitrogen and oxygen atoms in total. The Morgan fingerprint density at radius 3 is 2.33 bits per heavy atom. The van der Waals surface area contributed by atoms with Gasteiger partial charge in [-0.05, 0) is 61.7 Å². The Balaban J connectivity index is 2.01. The van der Waals surface area contributed by atoms with Gasteiger partial charge in [0.2, 0.25) is 0 Å². The standard InChI is InChI=1S/C20H22N2O4S/c1-5-14-11-19(23)17-10-15(6-7-18(17)21-14)22-27(24,25)16-8-12(2)20(26-4)13(3)9-16/h6-11,22H,5H2,1-4H3,(H,21,23). The smallest absolute Gasteiger partial charge is 0.261 e. The minimum Gasteiger partial charge on any atom is -0.496 e. The van der Waals surface area contributed by atoms with Crippen LogP contribution in [0, 0.1) is 13.8 Å². The molecule has 0 bridgehead atoms. The van der Waals surface area contributed by atoms with Crippen molar-refractivity contribution in [3.63, 3.8) is 0 Å². The average Bonchev–Trinajstić information content (AvgIpc) is 2.61. The first-order valence-electron chi connectivity index (χ1n) is 8.59. The molecular weight excluding hydrogens is 364 g/mol. The van der Waals surface area contributed by atoms with Gasteiger partial charge in [0.05, 0.1) is 12.0 Å². The number of ether oxygens (including phenoxy) is 1. The number of H-pyrrole nitrogens is 1. The SMILES string of the molecule is CCc1cc(=O)c2cc(NS(=O)(=O)c3cc(C)c(OC)c(C)c3)ccc2[nH]1. The van der Waals surface area contributed by atoms with Gasteiger partial charge >= 0.3 is 0 Å². The molecule has 0 amide bonds. The van der Waals surface area contributed by atoms with E-state index in [9.17, 15) is 13.2 Å². The van der Waals surface area contributed by atoms with Crippen LogP contribution >= 0.6 is 0 Å². The van der Waals surface area contributed by atoms with E-state index in [1.54, 1.807) is 51.3 Å². The minimum absolute atomic E-state index is 0.141. The van der Waals surface area contributed by atoms with Crippen LogP contribution in [0.25, 0.3) is 10.9 Å². The number of hydrogen-bond acceptors (Lipinski definition) is 4. The predicted molar refractivity (Wildman–Crippen MR) is 107 cm³/mol. The van der Waals surface area contributed by atoms with Crippen molar-refractivity contribution in [3.05, 3.63) is 63.4 Å². The van der Waals surface area contributed by atoms with E-state index in [1.165, 1.54) is 6.07 Å². The van der Waals surface area contributed by atoms with Crippen molar-refractivity contribution >= 4 is 26.6 Å². The van der Waals surface area contributed by atoms with Crippen LogP contribution in [0.3, 0.4) is 0 Å². The number of anilines is 1. The van der Waals surface area contributed by atoms with Crippen LogP contribution in [0.1, 0.15) is 23.7 Å². The first-order chi connectivity index (χ1) is 12.7. The molecule has 142 valence electrons. The monoisotopic (exact) mass is 386 g/mol. The van der Waals surface area contributed by atoms with Crippen LogP contribution in [0.5, 0.6) is 5.75 Å². The number of nitrogens with one attached hydrogen (secondary N) is 2. The lowest BCUT2D eigenvalue weighted by molar-refractivity contribution is 0.408. The fourth-order valence-corrected chi connectivity index (χ4v) is 4.38. The van der Waals surface area contributed by atoms with Gasteiger partial charge in [-0.2, -0.15) is 0 Å². The molecule has 0 radical (unpaired) electrons. The van der Waals surface area contributed by atoms with Gasteiger partial charge in [-0.3, -0.25) is 9.52 Å². The molecular formula is C20H22N2O4S. The molecule has 2 N–H and O–H groups in total. The number of aromatic amines is 1. The molecule has 0 aliphatic rings. The molecule has 0 atom stereocenters. The van der Waals surface area contributed by atoms with E-state index >= 15 is 0 Å². The van der Waals surface area contributed by atoms with Gasteiger partial charge in [0.15, 0.2) is 5.43 Å². The van der Waals surface area contributed by atoms with Gasteiger partial charge in [0, 0.05) is 28.4 Å². The summed E-state index contributed by atoms with van der Waals surface area (Å²) in [5.41, 5.74) is 3.18. The van der Waals surface area contributed by atoms with Crippen molar-refractivity contribution in [1.82, 2.24) is 4.98 Å². The molecule has 0 fully saturated rings. The van der Waals surface area contributed by atoms with Gasteiger partial charge in [-0.25, -0.2) is 8.42 Å². The van der Waals surface area contributed by atoms with Crippen molar-refractivity contribution in [1.29, 1.82) is 0 Å². The van der Waals surface area contributed by atoms with Crippen LogP contribution in [0.4, 0.5) is 5.69 Å². The normalized spacial score (nSPS) is 11.6. The highest BCUT2D eigenvalue weighted by atomic mass is 32.2. The first kappa shape index (κ1) is 19.0. The molecule has 1 heterocycles. The highest BCUT2D eigenvalue weighted by Crippen LogP contribution is 2.28. The Labute approximate surface area is 158 Å². The van der Waals surface area contributed by atoms with Gasteiger partial charge in [0.1, 0.15) is 5.75 Å². The first-order valence-corrected chi connectivity index (χ1v) is 10.1. The van der Waals surface area contributed by atoms with Crippen LogP contribution in [-0.2, 0) is 16.4 Å². The van der Waals surface area contributed by atoms with Crippen molar-refractivity contribution in [2.45, 2.75) is 32.1 Å². The van der Waals surface area contributed by atoms with Crippen LogP contribution in [0.2, 0.25) is 0 Å². The third kappa shape index (κ3) is 3.68. The Morgan fingerprint density at radius 2 is 1.74 bits per heavy atom. The lowest BCUT2D eigenvalue weighted by Gasteiger charge is -2.13. The number of benzene rings is 2. The Morgan fingerprint density at radius 1 is 1.07 bits per heavy atom. The molecule has 3 rings (SSSR count). The number of hydrogen-bond donors (Lipinski definition) is 2. The van der Waals surface area contributed by atoms with Crippen molar-refractivity contribution < 1.29 is 13.2 Å². The fourth-order valence-electron chi connectivity index (χ4n) is 3.16. The van der Waals surface area contributed by atoms with Crippen LogP contribution in [-0.4, -0.2) is 20.5 Å². The second-order valence-electron chi connectivity index (χ2n) is 6.47. The molecule has 2 aromatic carbocycles. The number of aromatic nitrogens is 1. The number of rotatable bonds is 5. The zero-order valence-electron chi connectivity index (χ0n) is 15.7. The van der Waals surface area contributed by atoms with E-state index in [1.807, 2.05) is 6.92 Å². The van der Waals surface area contributed by atoms with Crippen LogP contribution in [0.15, 0.2) is 46.1 Å². The summed E-state index contributed by atoms with van der Waals surface area (Å²) in [6, 6.07) is 9.56. The van der Waals surface area contributed by atoms with E-state index in [-0.39, 0.29) is 10.3 Å². The maximum Gasteiger partial charge on any atom is 0.261 e. The van der Waals surface area contributed by atoms with E-state index in [4.69, 9.17) is 4.74 Å². The summed E-state index contributed by atoms with van der Waals surface area (Å²) in [4.78, 5) is 15.6. The van der Waals surface area contributed by atoms with E-state index in [0.29, 0.717) is 22.3 Å². The summed E-state index contributed by atoms with van der Waals surface area (Å²) in [5.74, 6) is 0.665. The third-order valence-electron chi connectivity index (χ3n) is 4.47. The second-order valence-corrected chi connectivity index (χ2v) is 8.15. The van der Waals surface area contributed by atoms with E-state index in [0.717, 1.165) is 23.2 Å². The largest absolute Gasteiger partial charge is 0.496 e. The van der Waals surface area contributed by atoms with E-state index < -0.39 is 10.0 Å². The third-order valence-corrected chi connectivity index (χ3v) is 5.83. The van der Waals surface area contributed by atoms with Crippen molar-refractivity contribution in [2.75, 3.05) is 11.8 Å². The molecule has 27 heavy (non-hydrogen) atoms. The maximum absolute atomic E-state index is 12.8. The fraction of sp³-hybridized carbons (Fsp3) is 0.250. The Bertz CT molecular complexity index is 1160. The zero-order valence-corrected chi connectivity index (χ0v) is 16.5. The van der Waals surface area contributed by atoms with Gasteiger partial charge in [-0.15, -0.1) is 0 Å². The summed E-state index contributed by atoms with van der Waals surface area (Å²) in [5, 5.41) is 0.439. The summed E-state index contributed by atoms with van der Waals surface area (Å²) in [7, 11) is -2.24. The molecule has 0 aliphatic heterocycles. The second kappa shape index (κ2) is 7.08. The quantitative estimate of drug-likeness (QED) is 0.702. The summed E-state index contributed by atoms with van der Waals surface area (Å²) >= 11 is 0. The topological polar surface area (TPSA) is 88.3 Å². The molecule has 0 spiro atoms. The molecule has 0 unspecified atom stereocenters. The van der Waals surface area contributed by atoms with Crippen molar-refractivity contribution in [2.24, 2.45) is 0 Å². The maximum atomic E-state index is 12.8.